The van der Waals surface area contributed by atoms with E-state index in [0.717, 1.165) is 31.6 Å². The van der Waals surface area contributed by atoms with E-state index < -0.39 is 11.7 Å². The molecule has 0 aliphatic carbocycles. The molecule has 0 N–H and O–H groups in total. The minimum atomic E-state index is -0.514. The average molecular weight is 270 g/mol. The molecule has 1 aliphatic rings. The van der Waals surface area contributed by atoms with Crippen LogP contribution in [-0.4, -0.2) is 41.7 Å². The number of amides is 1. The van der Waals surface area contributed by atoms with Crippen molar-refractivity contribution < 1.29 is 14.3 Å². The van der Waals surface area contributed by atoms with Gasteiger partial charge in [0.25, 0.3) is 0 Å². The number of hydrazone groups is 1. The van der Waals surface area contributed by atoms with Gasteiger partial charge in [0.15, 0.2) is 0 Å². The molecule has 0 aromatic carbocycles. The first-order valence-corrected chi connectivity index (χ1v) is 6.92. The van der Waals surface area contributed by atoms with Gasteiger partial charge in [-0.1, -0.05) is 0 Å². The van der Waals surface area contributed by atoms with Gasteiger partial charge in [-0.25, -0.2) is 4.79 Å². The Morgan fingerprint density at radius 3 is 2.53 bits per heavy atom. The van der Waals surface area contributed by atoms with Crippen LogP contribution in [-0.2, 0) is 9.47 Å². The molecule has 1 heterocycles. The Bertz CT molecular complexity index is 324. The lowest BCUT2D eigenvalue weighted by Crippen LogP contribution is -2.40. The number of hydrogen-bond acceptors (Lipinski definition) is 4. The van der Waals surface area contributed by atoms with Gasteiger partial charge in [-0.05, 0) is 53.9 Å². The molecule has 1 fully saturated rings. The molecule has 5 nitrogen and oxygen atoms in total. The second-order valence-electron chi connectivity index (χ2n) is 6.10. The van der Waals surface area contributed by atoms with Crippen LogP contribution in [0.15, 0.2) is 5.10 Å². The third kappa shape index (κ3) is 6.57. The fourth-order valence-corrected chi connectivity index (χ4v) is 1.86. The van der Waals surface area contributed by atoms with Gasteiger partial charge >= 0.3 is 6.09 Å². The first-order chi connectivity index (χ1) is 8.78. The monoisotopic (exact) mass is 270 g/mol. The highest BCUT2D eigenvalue weighted by Crippen LogP contribution is 2.16. The fraction of sp³-hybridized carbons (Fsp3) is 0.857. The normalized spacial score (nSPS) is 19.7. The number of ether oxygens (including phenoxy) is 2. The molecule has 1 unspecified atom stereocenters. The summed E-state index contributed by atoms with van der Waals surface area (Å²) < 4.78 is 11.0. The second-order valence-corrected chi connectivity index (χ2v) is 6.10. The number of hydrogen-bond donors (Lipinski definition) is 0. The van der Waals surface area contributed by atoms with E-state index in [1.807, 2.05) is 34.6 Å². The molecular weight excluding hydrogens is 244 g/mol. The number of rotatable bonds is 3. The lowest BCUT2D eigenvalue weighted by atomic mass is 10.1. The van der Waals surface area contributed by atoms with Crippen LogP contribution in [0.25, 0.3) is 0 Å². The first kappa shape index (κ1) is 16.0. The third-order valence-electron chi connectivity index (χ3n) is 2.58. The quantitative estimate of drug-likeness (QED) is 0.584. The van der Waals surface area contributed by atoms with Crippen molar-refractivity contribution in [2.45, 2.75) is 65.6 Å². The molecule has 19 heavy (non-hydrogen) atoms. The summed E-state index contributed by atoms with van der Waals surface area (Å²) in [6.07, 6.45) is 2.85. The summed E-state index contributed by atoms with van der Waals surface area (Å²) in [6, 6.07) is 0. The largest absolute Gasteiger partial charge is 0.442 e. The summed E-state index contributed by atoms with van der Waals surface area (Å²) >= 11 is 0. The molecule has 1 aliphatic heterocycles. The zero-order valence-electron chi connectivity index (χ0n) is 12.7. The minimum Gasteiger partial charge on any atom is -0.442 e. The van der Waals surface area contributed by atoms with Crippen molar-refractivity contribution in [3.63, 3.8) is 0 Å². The summed E-state index contributed by atoms with van der Waals surface area (Å²) in [4.78, 5) is 12.1. The van der Waals surface area contributed by atoms with Gasteiger partial charge < -0.3 is 9.47 Å². The summed E-state index contributed by atoms with van der Waals surface area (Å²) in [6.45, 7) is 10.5. The van der Waals surface area contributed by atoms with Crippen molar-refractivity contribution in [3.8, 4) is 0 Å². The second kappa shape index (κ2) is 6.89. The van der Waals surface area contributed by atoms with Crippen LogP contribution in [0.2, 0.25) is 0 Å². The highest BCUT2D eigenvalue weighted by atomic mass is 16.6. The number of nitrogens with zero attached hydrogens (tertiary/aromatic N) is 2. The molecule has 0 aromatic heterocycles. The van der Waals surface area contributed by atoms with E-state index in [4.69, 9.17) is 9.47 Å². The Morgan fingerprint density at radius 2 is 2.05 bits per heavy atom. The topological polar surface area (TPSA) is 51.1 Å². The molecular formula is C14H26N2O3. The summed E-state index contributed by atoms with van der Waals surface area (Å²) in [7, 11) is 0. The van der Waals surface area contributed by atoms with E-state index in [2.05, 4.69) is 5.10 Å². The van der Waals surface area contributed by atoms with Crippen molar-refractivity contribution in [1.29, 1.82) is 0 Å². The predicted octanol–water partition coefficient (Wildman–Crippen LogP) is 3.19. The zero-order valence-corrected chi connectivity index (χ0v) is 12.7. The van der Waals surface area contributed by atoms with Gasteiger partial charge in [0.1, 0.15) is 5.60 Å². The molecule has 0 bridgehead atoms. The molecule has 110 valence electrons. The van der Waals surface area contributed by atoms with Crippen LogP contribution in [0.3, 0.4) is 0 Å². The Kier molecular flexibility index (Phi) is 5.79. The van der Waals surface area contributed by atoms with Crippen LogP contribution < -0.4 is 0 Å². The number of carbonyl (C=O) groups excluding carboxylic acids is 1. The highest BCUT2D eigenvalue weighted by Gasteiger charge is 2.25. The van der Waals surface area contributed by atoms with E-state index in [9.17, 15) is 4.79 Å². The van der Waals surface area contributed by atoms with Crippen LogP contribution >= 0.6 is 0 Å². The maximum absolute atomic E-state index is 12.1. The number of carbonyl (C=O) groups is 1. The van der Waals surface area contributed by atoms with E-state index in [-0.39, 0.29) is 6.10 Å². The fourth-order valence-electron chi connectivity index (χ4n) is 1.86. The predicted molar refractivity (Wildman–Crippen MR) is 75.3 cm³/mol. The van der Waals surface area contributed by atoms with Crippen molar-refractivity contribution in [3.05, 3.63) is 0 Å². The van der Waals surface area contributed by atoms with E-state index in [1.54, 1.807) is 0 Å². The van der Waals surface area contributed by atoms with Crippen molar-refractivity contribution in [2.24, 2.45) is 5.10 Å². The van der Waals surface area contributed by atoms with Crippen LogP contribution in [0.5, 0.6) is 0 Å². The molecule has 0 aromatic rings. The molecule has 1 amide bonds. The Labute approximate surface area is 115 Å². The minimum absolute atomic E-state index is 0.0596. The van der Waals surface area contributed by atoms with Gasteiger partial charge in [0.2, 0.25) is 0 Å². The molecule has 1 rings (SSSR count). The Balaban J connectivity index is 2.65. The molecule has 1 atom stereocenters. The van der Waals surface area contributed by atoms with Gasteiger partial charge in [-0.3, -0.25) is 0 Å². The highest BCUT2D eigenvalue weighted by molar-refractivity contribution is 5.80. The Hall–Kier alpha value is -1.10. The van der Waals surface area contributed by atoms with E-state index >= 15 is 0 Å². The summed E-state index contributed by atoms with van der Waals surface area (Å²) in [5.74, 6) is 0. The lowest BCUT2D eigenvalue weighted by Gasteiger charge is -2.29. The maximum Gasteiger partial charge on any atom is 0.430 e. The van der Waals surface area contributed by atoms with Gasteiger partial charge in [-0.2, -0.15) is 10.1 Å². The van der Waals surface area contributed by atoms with E-state index in [0.29, 0.717) is 6.54 Å². The molecule has 0 saturated carbocycles. The Morgan fingerprint density at radius 1 is 1.37 bits per heavy atom. The molecule has 0 radical (unpaired) electrons. The van der Waals surface area contributed by atoms with Crippen LogP contribution in [0.1, 0.15) is 53.9 Å². The van der Waals surface area contributed by atoms with Gasteiger partial charge in [0.05, 0.1) is 12.6 Å². The molecule has 0 spiro atoms. The van der Waals surface area contributed by atoms with Crippen molar-refractivity contribution in [1.82, 2.24) is 5.01 Å². The summed E-state index contributed by atoms with van der Waals surface area (Å²) in [5.41, 5.74) is 0.307. The SMILES string of the molecule is CC(C)=NN(CC1CCCCO1)C(=O)OC(C)(C)C. The standard InChI is InChI=1S/C14H26N2O3/c1-11(2)15-16(13(17)19-14(3,4)5)10-12-8-6-7-9-18-12/h12H,6-10H2,1-5H3. The van der Waals surface area contributed by atoms with Crippen LogP contribution in [0.4, 0.5) is 4.79 Å². The van der Waals surface area contributed by atoms with Crippen molar-refractivity contribution >= 4 is 11.8 Å². The molecule has 1 saturated heterocycles. The smallest absolute Gasteiger partial charge is 0.430 e. The average Bonchev–Trinajstić information content (AvgIpc) is 2.26. The van der Waals surface area contributed by atoms with Gasteiger partial charge in [-0.15, -0.1) is 0 Å². The maximum atomic E-state index is 12.1. The third-order valence-corrected chi connectivity index (χ3v) is 2.58. The summed E-state index contributed by atoms with van der Waals surface area (Å²) in [5, 5.41) is 5.64. The molecule has 5 heteroatoms. The van der Waals surface area contributed by atoms with Crippen molar-refractivity contribution in [2.75, 3.05) is 13.2 Å². The van der Waals surface area contributed by atoms with E-state index in [1.165, 1.54) is 5.01 Å². The van der Waals surface area contributed by atoms with Crippen LogP contribution in [0, 0.1) is 0 Å². The first-order valence-electron chi connectivity index (χ1n) is 6.92. The lowest BCUT2D eigenvalue weighted by molar-refractivity contribution is -0.0190. The zero-order chi connectivity index (χ0) is 14.5. The van der Waals surface area contributed by atoms with Gasteiger partial charge in [0, 0.05) is 12.3 Å².